The number of hydrogen-bond acceptors (Lipinski definition) is 1. The Labute approximate surface area is 122 Å². The molecule has 5 heteroatoms. The molecule has 0 radical (unpaired) electrons. The fraction of sp³-hybridized carbons (Fsp3) is 0. The maximum atomic E-state index is 6.11. The number of rotatable bonds is 1. The average molecular weight is 384 g/mol. The van der Waals surface area contributed by atoms with E-state index in [9.17, 15) is 0 Å². The molecule has 0 aliphatic rings. The number of aromatic nitrogens is 1. The zero-order valence-electron chi connectivity index (χ0n) is 7.85. The third-order valence-corrected chi connectivity index (χ3v) is 3.59. The summed E-state index contributed by atoms with van der Waals surface area (Å²) in [5, 5.41) is 1.86. The molecule has 0 spiro atoms. The second-order valence-corrected chi connectivity index (χ2v) is 5.55. The highest BCUT2D eigenvalue weighted by Gasteiger charge is 2.09. The van der Waals surface area contributed by atoms with E-state index in [4.69, 9.17) is 34.8 Å². The van der Waals surface area contributed by atoms with Gasteiger partial charge >= 0.3 is 0 Å². The van der Waals surface area contributed by atoms with Crippen LogP contribution in [0.4, 0.5) is 0 Å². The Morgan fingerprint density at radius 1 is 1.00 bits per heavy atom. The van der Waals surface area contributed by atoms with E-state index >= 15 is 0 Å². The van der Waals surface area contributed by atoms with Gasteiger partial charge in [-0.1, -0.05) is 34.8 Å². The molecule has 0 N–H and O–H groups in total. The Hall–Kier alpha value is -0.0300. The van der Waals surface area contributed by atoms with Gasteiger partial charge in [-0.2, -0.15) is 0 Å². The molecule has 1 heterocycles. The van der Waals surface area contributed by atoms with Gasteiger partial charge in [0.25, 0.3) is 0 Å². The van der Waals surface area contributed by atoms with E-state index < -0.39 is 0 Å². The lowest BCUT2D eigenvalue weighted by Gasteiger charge is -2.06. The highest BCUT2D eigenvalue weighted by atomic mass is 127. The Morgan fingerprint density at radius 2 is 1.75 bits per heavy atom. The SMILES string of the molecule is Clc1cnc(-c2cc(Cl)ccc2Cl)c(I)c1. The van der Waals surface area contributed by atoms with Crippen LogP contribution >= 0.6 is 57.4 Å². The van der Waals surface area contributed by atoms with Crippen LogP contribution in [0.25, 0.3) is 11.3 Å². The average Bonchev–Trinajstić information content (AvgIpc) is 2.22. The van der Waals surface area contributed by atoms with Gasteiger partial charge in [-0.15, -0.1) is 0 Å². The van der Waals surface area contributed by atoms with Crippen LogP contribution in [-0.4, -0.2) is 4.98 Å². The van der Waals surface area contributed by atoms with Crippen LogP contribution in [0.1, 0.15) is 0 Å². The van der Waals surface area contributed by atoms with Gasteiger partial charge in [-0.05, 0) is 46.9 Å². The minimum absolute atomic E-state index is 0.603. The van der Waals surface area contributed by atoms with Crippen molar-refractivity contribution in [2.45, 2.75) is 0 Å². The number of halogens is 4. The minimum Gasteiger partial charge on any atom is -0.254 e. The summed E-state index contributed by atoms with van der Waals surface area (Å²) in [6.07, 6.45) is 1.59. The van der Waals surface area contributed by atoms with E-state index in [-0.39, 0.29) is 0 Å². The summed E-state index contributed by atoms with van der Waals surface area (Å²) in [5.41, 5.74) is 1.60. The van der Waals surface area contributed by atoms with Crippen LogP contribution in [-0.2, 0) is 0 Å². The Balaban J connectivity index is 2.62. The smallest absolute Gasteiger partial charge is 0.0851 e. The maximum absolute atomic E-state index is 6.11. The van der Waals surface area contributed by atoms with Gasteiger partial charge in [0, 0.05) is 20.4 Å². The Morgan fingerprint density at radius 3 is 2.44 bits per heavy atom. The number of benzene rings is 1. The molecule has 1 nitrogen and oxygen atoms in total. The van der Waals surface area contributed by atoms with Crippen molar-refractivity contribution in [2.24, 2.45) is 0 Å². The van der Waals surface area contributed by atoms with E-state index in [1.54, 1.807) is 24.4 Å². The third-order valence-electron chi connectivity index (χ3n) is 1.99. The van der Waals surface area contributed by atoms with Crippen molar-refractivity contribution in [1.82, 2.24) is 4.98 Å². The summed E-state index contributed by atoms with van der Waals surface area (Å²) in [5.74, 6) is 0. The van der Waals surface area contributed by atoms with Gasteiger partial charge in [0.15, 0.2) is 0 Å². The summed E-state index contributed by atoms with van der Waals surface area (Å²) in [6, 6.07) is 7.13. The molecular weight excluding hydrogens is 379 g/mol. The molecule has 0 atom stereocenters. The molecule has 0 aliphatic carbocycles. The molecule has 0 bridgehead atoms. The largest absolute Gasteiger partial charge is 0.254 e. The summed E-state index contributed by atoms with van der Waals surface area (Å²) in [6.45, 7) is 0. The van der Waals surface area contributed by atoms with Gasteiger partial charge in [0.2, 0.25) is 0 Å². The summed E-state index contributed by atoms with van der Waals surface area (Å²) in [7, 11) is 0. The van der Waals surface area contributed by atoms with Crippen molar-refractivity contribution in [3.05, 3.63) is 49.1 Å². The lowest BCUT2D eigenvalue weighted by Crippen LogP contribution is -1.89. The molecular formula is C11H5Cl3IN. The molecule has 0 saturated heterocycles. The molecule has 2 aromatic rings. The van der Waals surface area contributed by atoms with E-state index in [0.29, 0.717) is 15.1 Å². The minimum atomic E-state index is 0.603. The molecule has 0 aliphatic heterocycles. The van der Waals surface area contributed by atoms with Crippen molar-refractivity contribution in [2.75, 3.05) is 0 Å². The first kappa shape index (κ1) is 12.4. The van der Waals surface area contributed by atoms with E-state index in [1.165, 1.54) is 0 Å². The van der Waals surface area contributed by atoms with Crippen LogP contribution in [0.5, 0.6) is 0 Å². The molecule has 0 saturated carbocycles. The molecule has 0 amide bonds. The van der Waals surface area contributed by atoms with E-state index in [0.717, 1.165) is 14.8 Å². The zero-order valence-corrected chi connectivity index (χ0v) is 12.3. The topological polar surface area (TPSA) is 12.9 Å². The van der Waals surface area contributed by atoms with Crippen LogP contribution in [0, 0.1) is 3.57 Å². The van der Waals surface area contributed by atoms with Gasteiger partial charge in [-0.25, -0.2) is 0 Å². The molecule has 16 heavy (non-hydrogen) atoms. The van der Waals surface area contributed by atoms with Crippen LogP contribution in [0.3, 0.4) is 0 Å². The number of pyridine rings is 1. The second-order valence-electron chi connectivity index (χ2n) is 3.11. The second kappa shape index (κ2) is 5.08. The Kier molecular flexibility index (Phi) is 3.95. The molecule has 0 unspecified atom stereocenters. The van der Waals surface area contributed by atoms with Gasteiger partial charge in [0.05, 0.1) is 15.7 Å². The van der Waals surface area contributed by atoms with Crippen molar-refractivity contribution in [1.29, 1.82) is 0 Å². The van der Waals surface area contributed by atoms with Crippen LogP contribution < -0.4 is 0 Å². The molecule has 2 rings (SSSR count). The summed E-state index contributed by atoms with van der Waals surface area (Å²) in [4.78, 5) is 4.27. The standard InChI is InChI=1S/C11H5Cl3IN/c12-6-1-2-9(14)8(3-6)11-10(15)4-7(13)5-16-11/h1-5H. The third kappa shape index (κ3) is 2.62. The maximum Gasteiger partial charge on any atom is 0.0851 e. The van der Waals surface area contributed by atoms with Crippen molar-refractivity contribution >= 4 is 57.4 Å². The van der Waals surface area contributed by atoms with Crippen molar-refractivity contribution in [3.63, 3.8) is 0 Å². The van der Waals surface area contributed by atoms with Gasteiger partial charge in [0.1, 0.15) is 0 Å². The Bertz CT molecular complexity index is 543. The van der Waals surface area contributed by atoms with Crippen LogP contribution in [0.15, 0.2) is 30.5 Å². The highest BCUT2D eigenvalue weighted by Crippen LogP contribution is 2.32. The fourth-order valence-electron chi connectivity index (χ4n) is 1.29. The predicted molar refractivity (Wildman–Crippen MR) is 77.4 cm³/mol. The monoisotopic (exact) mass is 383 g/mol. The molecule has 1 aromatic heterocycles. The first-order valence-corrected chi connectivity index (χ1v) is 6.55. The highest BCUT2D eigenvalue weighted by molar-refractivity contribution is 14.1. The van der Waals surface area contributed by atoms with Gasteiger partial charge in [-0.3, -0.25) is 4.98 Å². The fourth-order valence-corrected chi connectivity index (χ4v) is 2.78. The quantitative estimate of drug-likeness (QED) is 0.607. The first-order valence-electron chi connectivity index (χ1n) is 4.34. The summed E-state index contributed by atoms with van der Waals surface area (Å²) >= 11 is 20.1. The van der Waals surface area contributed by atoms with Crippen LogP contribution in [0.2, 0.25) is 15.1 Å². The lowest BCUT2D eigenvalue weighted by atomic mass is 10.1. The zero-order chi connectivity index (χ0) is 11.7. The molecule has 82 valence electrons. The van der Waals surface area contributed by atoms with Crippen molar-refractivity contribution in [3.8, 4) is 11.3 Å². The molecule has 0 fully saturated rings. The van der Waals surface area contributed by atoms with E-state index in [1.807, 2.05) is 6.07 Å². The predicted octanol–water partition coefficient (Wildman–Crippen LogP) is 5.31. The number of nitrogens with zero attached hydrogens (tertiary/aromatic N) is 1. The number of hydrogen-bond donors (Lipinski definition) is 0. The summed E-state index contributed by atoms with van der Waals surface area (Å²) < 4.78 is 0.939. The lowest BCUT2D eigenvalue weighted by molar-refractivity contribution is 1.31. The first-order chi connectivity index (χ1) is 7.58. The molecule has 1 aromatic carbocycles. The van der Waals surface area contributed by atoms with Gasteiger partial charge < -0.3 is 0 Å². The van der Waals surface area contributed by atoms with Crippen molar-refractivity contribution < 1.29 is 0 Å². The normalized spacial score (nSPS) is 10.5. The van der Waals surface area contributed by atoms with E-state index in [2.05, 4.69) is 27.6 Å².